The SMILES string of the molecule is COC(=O)CCCSc1nnc(-c2ccncc2)o1. The smallest absolute Gasteiger partial charge is 0.305 e. The quantitative estimate of drug-likeness (QED) is 0.455. The fraction of sp³-hybridized carbons (Fsp3) is 0.333. The molecular formula is C12H13N3O3S. The van der Waals surface area contributed by atoms with Crippen molar-refractivity contribution in [3.8, 4) is 11.5 Å². The zero-order valence-electron chi connectivity index (χ0n) is 10.4. The van der Waals surface area contributed by atoms with Crippen molar-refractivity contribution in [2.75, 3.05) is 12.9 Å². The number of nitrogens with zero attached hydrogens (tertiary/aromatic N) is 3. The average molecular weight is 279 g/mol. The second kappa shape index (κ2) is 6.89. The number of hydrogen-bond acceptors (Lipinski definition) is 7. The van der Waals surface area contributed by atoms with E-state index >= 15 is 0 Å². The Morgan fingerprint density at radius 3 is 2.89 bits per heavy atom. The maximum absolute atomic E-state index is 10.9. The van der Waals surface area contributed by atoms with Gasteiger partial charge in [-0.25, -0.2) is 0 Å². The minimum absolute atomic E-state index is 0.205. The van der Waals surface area contributed by atoms with Crippen molar-refractivity contribution in [1.82, 2.24) is 15.2 Å². The second-order valence-corrected chi connectivity index (χ2v) is 4.68. The Bertz CT molecular complexity index is 530. The van der Waals surface area contributed by atoms with Gasteiger partial charge in [0.1, 0.15) is 0 Å². The molecule has 0 aliphatic rings. The summed E-state index contributed by atoms with van der Waals surface area (Å²) >= 11 is 1.42. The average Bonchev–Trinajstić information content (AvgIpc) is 2.93. The molecule has 100 valence electrons. The first kappa shape index (κ1) is 13.5. The summed E-state index contributed by atoms with van der Waals surface area (Å²) < 4.78 is 10.1. The van der Waals surface area contributed by atoms with Crippen LogP contribution < -0.4 is 0 Å². The van der Waals surface area contributed by atoms with Crippen molar-refractivity contribution in [3.63, 3.8) is 0 Å². The van der Waals surface area contributed by atoms with Gasteiger partial charge in [-0.05, 0) is 18.6 Å². The van der Waals surface area contributed by atoms with Crippen molar-refractivity contribution in [1.29, 1.82) is 0 Å². The summed E-state index contributed by atoms with van der Waals surface area (Å²) in [6.07, 6.45) is 4.45. The van der Waals surface area contributed by atoms with Gasteiger partial charge < -0.3 is 9.15 Å². The molecule has 2 aromatic heterocycles. The molecule has 0 aromatic carbocycles. The number of hydrogen-bond donors (Lipinski definition) is 0. The number of rotatable bonds is 6. The largest absolute Gasteiger partial charge is 0.469 e. The minimum Gasteiger partial charge on any atom is -0.469 e. The van der Waals surface area contributed by atoms with Crippen LogP contribution in [0.2, 0.25) is 0 Å². The molecule has 0 saturated heterocycles. The Morgan fingerprint density at radius 1 is 1.37 bits per heavy atom. The Balaban J connectivity index is 1.83. The van der Waals surface area contributed by atoms with Gasteiger partial charge in [-0.3, -0.25) is 9.78 Å². The van der Waals surface area contributed by atoms with E-state index in [4.69, 9.17) is 4.42 Å². The van der Waals surface area contributed by atoms with E-state index in [1.54, 1.807) is 24.5 Å². The molecule has 2 aromatic rings. The Hall–Kier alpha value is -1.89. The lowest BCUT2D eigenvalue weighted by molar-refractivity contribution is -0.140. The van der Waals surface area contributed by atoms with Gasteiger partial charge in [0.05, 0.1) is 7.11 Å². The monoisotopic (exact) mass is 279 g/mol. The van der Waals surface area contributed by atoms with E-state index in [0.717, 1.165) is 11.3 Å². The fourth-order valence-corrected chi connectivity index (χ4v) is 2.06. The molecule has 0 amide bonds. The first-order valence-corrected chi connectivity index (χ1v) is 6.71. The van der Waals surface area contributed by atoms with Crippen LogP contribution in [-0.4, -0.2) is 34.0 Å². The van der Waals surface area contributed by atoms with E-state index in [1.165, 1.54) is 18.9 Å². The van der Waals surface area contributed by atoms with Crippen LogP contribution in [-0.2, 0) is 9.53 Å². The highest BCUT2D eigenvalue weighted by molar-refractivity contribution is 7.99. The normalized spacial score (nSPS) is 10.4. The molecule has 0 spiro atoms. The Morgan fingerprint density at radius 2 is 2.16 bits per heavy atom. The van der Waals surface area contributed by atoms with Crippen LogP contribution in [0.1, 0.15) is 12.8 Å². The minimum atomic E-state index is -0.205. The van der Waals surface area contributed by atoms with Crippen molar-refractivity contribution < 1.29 is 13.9 Å². The third-order valence-electron chi connectivity index (χ3n) is 2.31. The van der Waals surface area contributed by atoms with Gasteiger partial charge in [-0.15, -0.1) is 10.2 Å². The predicted octanol–water partition coefficient (Wildman–Crippen LogP) is 2.18. The fourth-order valence-electron chi connectivity index (χ4n) is 1.36. The van der Waals surface area contributed by atoms with E-state index < -0.39 is 0 Å². The summed E-state index contributed by atoms with van der Waals surface area (Å²) in [7, 11) is 1.38. The third kappa shape index (κ3) is 4.06. The van der Waals surface area contributed by atoms with Crippen molar-refractivity contribution in [2.24, 2.45) is 0 Å². The first-order valence-electron chi connectivity index (χ1n) is 5.73. The highest BCUT2D eigenvalue weighted by atomic mass is 32.2. The van der Waals surface area contributed by atoms with Gasteiger partial charge in [-0.2, -0.15) is 0 Å². The zero-order valence-corrected chi connectivity index (χ0v) is 11.2. The number of esters is 1. The second-order valence-electron chi connectivity index (χ2n) is 3.64. The molecule has 0 saturated carbocycles. The lowest BCUT2D eigenvalue weighted by atomic mass is 10.3. The van der Waals surface area contributed by atoms with Gasteiger partial charge in [0.25, 0.3) is 5.22 Å². The standard InChI is InChI=1S/C12H13N3O3S/c1-17-10(16)3-2-8-19-12-15-14-11(18-12)9-4-6-13-7-5-9/h4-7H,2-3,8H2,1H3. The molecule has 0 bridgehead atoms. The van der Waals surface area contributed by atoms with Gasteiger partial charge in [0, 0.05) is 30.1 Å². The molecule has 6 nitrogen and oxygen atoms in total. The predicted molar refractivity (Wildman–Crippen MR) is 69.5 cm³/mol. The molecule has 0 fully saturated rings. The van der Waals surface area contributed by atoms with Crippen LogP contribution in [0.15, 0.2) is 34.2 Å². The van der Waals surface area contributed by atoms with Gasteiger partial charge in [-0.1, -0.05) is 11.8 Å². The van der Waals surface area contributed by atoms with Crippen molar-refractivity contribution in [2.45, 2.75) is 18.1 Å². The third-order valence-corrected chi connectivity index (χ3v) is 3.22. The summed E-state index contributed by atoms with van der Waals surface area (Å²) in [6, 6.07) is 3.61. The maximum Gasteiger partial charge on any atom is 0.305 e. The molecular weight excluding hydrogens is 266 g/mol. The number of pyridine rings is 1. The summed E-state index contributed by atoms with van der Waals surface area (Å²) in [4.78, 5) is 14.8. The van der Waals surface area contributed by atoms with E-state index in [0.29, 0.717) is 24.0 Å². The van der Waals surface area contributed by atoms with Crippen LogP contribution in [0.4, 0.5) is 0 Å². The van der Waals surface area contributed by atoms with Gasteiger partial charge >= 0.3 is 5.97 Å². The molecule has 0 atom stereocenters. The van der Waals surface area contributed by atoms with E-state index in [9.17, 15) is 4.79 Å². The summed E-state index contributed by atoms with van der Waals surface area (Å²) in [5, 5.41) is 8.40. The molecule has 0 aliphatic heterocycles. The number of aromatic nitrogens is 3. The van der Waals surface area contributed by atoms with Crippen LogP contribution in [0.5, 0.6) is 0 Å². The summed E-state index contributed by atoms with van der Waals surface area (Å²) in [6.45, 7) is 0. The number of carbonyl (C=O) groups is 1. The number of methoxy groups -OCH3 is 1. The molecule has 7 heteroatoms. The Kier molecular flexibility index (Phi) is 4.91. The van der Waals surface area contributed by atoms with Crippen LogP contribution >= 0.6 is 11.8 Å². The Labute approximate surface area is 114 Å². The molecule has 19 heavy (non-hydrogen) atoms. The highest BCUT2D eigenvalue weighted by Gasteiger charge is 2.09. The van der Waals surface area contributed by atoms with Crippen LogP contribution in [0.3, 0.4) is 0 Å². The number of thioether (sulfide) groups is 1. The summed E-state index contributed by atoms with van der Waals surface area (Å²) in [5.74, 6) is 0.994. The van der Waals surface area contributed by atoms with E-state index in [-0.39, 0.29) is 5.97 Å². The van der Waals surface area contributed by atoms with Crippen molar-refractivity contribution >= 4 is 17.7 Å². The topological polar surface area (TPSA) is 78.1 Å². The number of carbonyl (C=O) groups excluding carboxylic acids is 1. The number of ether oxygens (including phenoxy) is 1. The summed E-state index contributed by atoms with van der Waals surface area (Å²) in [5.41, 5.74) is 0.837. The first-order chi connectivity index (χ1) is 9.29. The van der Waals surface area contributed by atoms with E-state index in [2.05, 4.69) is 19.9 Å². The van der Waals surface area contributed by atoms with Crippen molar-refractivity contribution in [3.05, 3.63) is 24.5 Å². The molecule has 2 rings (SSSR count). The van der Waals surface area contributed by atoms with Gasteiger partial charge in [0.2, 0.25) is 5.89 Å². The molecule has 0 radical (unpaired) electrons. The van der Waals surface area contributed by atoms with Crippen LogP contribution in [0, 0.1) is 0 Å². The molecule has 0 aliphatic carbocycles. The zero-order chi connectivity index (χ0) is 13.5. The van der Waals surface area contributed by atoms with E-state index in [1.807, 2.05) is 0 Å². The van der Waals surface area contributed by atoms with Gasteiger partial charge in [0.15, 0.2) is 0 Å². The lowest BCUT2D eigenvalue weighted by Crippen LogP contribution is -1.99. The molecule has 0 unspecified atom stereocenters. The molecule has 2 heterocycles. The molecule has 0 N–H and O–H groups in total. The maximum atomic E-state index is 10.9. The lowest BCUT2D eigenvalue weighted by Gasteiger charge is -1.97. The highest BCUT2D eigenvalue weighted by Crippen LogP contribution is 2.23. The van der Waals surface area contributed by atoms with Crippen LogP contribution in [0.25, 0.3) is 11.5 Å².